The van der Waals surface area contributed by atoms with Gasteiger partial charge in [-0.15, -0.1) is 0 Å². The quantitative estimate of drug-likeness (QED) is 0.303. The molecule has 1 saturated carbocycles. The van der Waals surface area contributed by atoms with E-state index in [1.54, 1.807) is 6.07 Å². The fourth-order valence-electron chi connectivity index (χ4n) is 5.98. The van der Waals surface area contributed by atoms with E-state index in [1.165, 1.54) is 35.0 Å². The Balaban J connectivity index is 1.54. The van der Waals surface area contributed by atoms with Crippen LogP contribution in [0.4, 0.5) is 13.2 Å². The summed E-state index contributed by atoms with van der Waals surface area (Å²) < 4.78 is 39.1. The molecule has 3 amide bonds. The van der Waals surface area contributed by atoms with Gasteiger partial charge in [0.1, 0.15) is 11.6 Å². The van der Waals surface area contributed by atoms with Crippen molar-refractivity contribution in [3.05, 3.63) is 47.5 Å². The monoisotopic (exact) mass is 580 g/mol. The summed E-state index contributed by atoms with van der Waals surface area (Å²) in [6.45, 7) is 0.0340. The highest BCUT2D eigenvalue weighted by Gasteiger charge is 2.61. The third kappa shape index (κ3) is 7.10. The van der Waals surface area contributed by atoms with E-state index in [1.807, 2.05) is 12.2 Å². The number of aliphatic hydroxyl groups excluding tert-OH is 2. The zero-order valence-electron chi connectivity index (χ0n) is 23.2. The predicted octanol–water partition coefficient (Wildman–Crippen LogP) is 2.53. The molecule has 2 fully saturated rings. The molecule has 1 aromatic rings. The first-order valence-electron chi connectivity index (χ1n) is 14.2. The largest absolute Gasteiger partial charge is 0.418 e. The average Bonchev–Trinajstić information content (AvgIpc) is 3.38. The van der Waals surface area contributed by atoms with Crippen molar-refractivity contribution in [1.82, 2.24) is 20.4 Å². The van der Waals surface area contributed by atoms with Gasteiger partial charge in [0.15, 0.2) is 6.10 Å². The molecule has 2 aliphatic heterocycles. The molecule has 1 aliphatic carbocycles. The molecule has 2 heterocycles. The second-order valence-corrected chi connectivity index (χ2v) is 11.3. The lowest BCUT2D eigenvalue weighted by Crippen LogP contribution is -2.57. The molecule has 0 radical (unpaired) electrons. The minimum Gasteiger partial charge on any atom is -0.381 e. The number of carbonyl (C=O) groups excluding carboxylic acids is 3. The summed E-state index contributed by atoms with van der Waals surface area (Å²) in [5, 5.41) is 24.9. The van der Waals surface area contributed by atoms with Crippen molar-refractivity contribution in [2.24, 2.45) is 5.92 Å². The standard InChI is InChI=1S/C29H39F3N4O5/c1-35(17-19-9-7-10-20(15-19)24(38)29(30,31)32)27(41)28-16-21(28)11-5-3-2-4-6-12-22(33-18-37)26(40)36-14-8-13-23(36)25(39)34-28/h5,7,9-11,15,21-24,33,37-38H,2-4,6,8,12-14,16-18H2,1H3,(H,34,39)/b11-5-/t21?,22-,23-,24?,28+/m0/s1. The number of allylic oxidation sites excluding steroid dienone is 1. The highest BCUT2D eigenvalue weighted by molar-refractivity contribution is 5.98. The Morgan fingerprint density at radius 3 is 2.73 bits per heavy atom. The maximum atomic E-state index is 13.8. The number of carbonyl (C=O) groups is 3. The topological polar surface area (TPSA) is 122 Å². The average molecular weight is 581 g/mol. The maximum Gasteiger partial charge on any atom is 0.418 e. The van der Waals surface area contributed by atoms with E-state index in [-0.39, 0.29) is 36.6 Å². The highest BCUT2D eigenvalue weighted by atomic mass is 19.4. The Kier molecular flexibility index (Phi) is 9.76. The molecule has 41 heavy (non-hydrogen) atoms. The minimum absolute atomic E-state index is 0.0200. The summed E-state index contributed by atoms with van der Waals surface area (Å²) in [6, 6.07) is 4.03. The van der Waals surface area contributed by atoms with Gasteiger partial charge in [-0.2, -0.15) is 13.2 Å². The fraction of sp³-hybridized carbons (Fsp3) is 0.621. The van der Waals surface area contributed by atoms with Crippen LogP contribution < -0.4 is 10.6 Å². The Hall–Kier alpha value is -2.96. The van der Waals surface area contributed by atoms with Crippen molar-refractivity contribution >= 4 is 17.7 Å². The molecule has 226 valence electrons. The molecule has 1 aromatic carbocycles. The number of rotatable bonds is 6. The Morgan fingerprint density at radius 1 is 1.22 bits per heavy atom. The van der Waals surface area contributed by atoms with Crippen LogP contribution in [0.3, 0.4) is 0 Å². The number of benzene rings is 1. The van der Waals surface area contributed by atoms with Gasteiger partial charge in [0, 0.05) is 26.1 Å². The number of hydrogen-bond donors (Lipinski definition) is 4. The summed E-state index contributed by atoms with van der Waals surface area (Å²) in [4.78, 5) is 43.7. The Morgan fingerprint density at radius 2 is 2.00 bits per heavy atom. The number of aliphatic hydroxyl groups is 2. The molecule has 4 N–H and O–H groups in total. The molecule has 4 rings (SSSR count). The van der Waals surface area contributed by atoms with E-state index in [2.05, 4.69) is 10.6 Å². The second kappa shape index (κ2) is 12.9. The molecule has 2 unspecified atom stereocenters. The lowest BCUT2D eigenvalue weighted by atomic mass is 10.0. The van der Waals surface area contributed by atoms with Crippen LogP contribution in [0.25, 0.3) is 0 Å². The van der Waals surface area contributed by atoms with Crippen LogP contribution in [-0.2, 0) is 20.9 Å². The van der Waals surface area contributed by atoms with Crippen molar-refractivity contribution in [2.75, 3.05) is 20.3 Å². The van der Waals surface area contributed by atoms with Crippen LogP contribution in [0.15, 0.2) is 36.4 Å². The third-order valence-electron chi connectivity index (χ3n) is 8.29. The Bertz CT molecular complexity index is 1150. The van der Waals surface area contributed by atoms with Crippen LogP contribution in [-0.4, -0.2) is 81.9 Å². The molecule has 5 atom stereocenters. The van der Waals surface area contributed by atoms with E-state index in [4.69, 9.17) is 0 Å². The van der Waals surface area contributed by atoms with Crippen LogP contribution in [0.5, 0.6) is 0 Å². The number of nitrogens with one attached hydrogen (secondary N) is 2. The number of halogens is 3. The molecular weight excluding hydrogens is 541 g/mol. The summed E-state index contributed by atoms with van der Waals surface area (Å²) in [7, 11) is 1.53. The summed E-state index contributed by atoms with van der Waals surface area (Å²) in [5.41, 5.74) is -1.13. The van der Waals surface area contributed by atoms with Gasteiger partial charge in [0.2, 0.25) is 17.7 Å². The normalized spacial score (nSPS) is 28.9. The van der Waals surface area contributed by atoms with Crippen LogP contribution in [0, 0.1) is 5.92 Å². The zero-order valence-corrected chi connectivity index (χ0v) is 23.2. The first kappa shape index (κ1) is 31.0. The molecule has 9 nitrogen and oxygen atoms in total. The highest BCUT2D eigenvalue weighted by Crippen LogP contribution is 2.46. The van der Waals surface area contributed by atoms with E-state index in [0.717, 1.165) is 25.7 Å². The molecule has 3 aliphatic rings. The Labute approximate surface area is 237 Å². The van der Waals surface area contributed by atoms with Gasteiger partial charge in [-0.25, -0.2) is 0 Å². The molecule has 0 bridgehead atoms. The zero-order chi connectivity index (χ0) is 29.8. The van der Waals surface area contributed by atoms with E-state index < -0.39 is 35.8 Å². The van der Waals surface area contributed by atoms with Gasteiger partial charge in [-0.1, -0.05) is 49.3 Å². The van der Waals surface area contributed by atoms with Crippen molar-refractivity contribution in [1.29, 1.82) is 0 Å². The molecular formula is C29H39F3N4O5. The molecule has 0 spiro atoms. The summed E-state index contributed by atoms with van der Waals surface area (Å²) in [6.07, 6.45) is 1.87. The molecule has 0 aromatic heterocycles. The summed E-state index contributed by atoms with van der Waals surface area (Å²) in [5.74, 6) is -1.28. The van der Waals surface area contributed by atoms with Crippen LogP contribution >= 0.6 is 0 Å². The first-order chi connectivity index (χ1) is 19.5. The van der Waals surface area contributed by atoms with E-state index in [9.17, 15) is 37.8 Å². The third-order valence-corrected chi connectivity index (χ3v) is 8.29. The predicted molar refractivity (Wildman–Crippen MR) is 144 cm³/mol. The van der Waals surface area contributed by atoms with Gasteiger partial charge in [-0.3, -0.25) is 19.7 Å². The molecule has 12 heteroatoms. The SMILES string of the molecule is CN(Cc1cccc(C(O)C(F)(F)F)c1)C(=O)[C@@]12CC1/C=C\CCCCC[C@H](NCO)C(=O)N1CCC[C@H]1C(=O)N2. The second-order valence-electron chi connectivity index (χ2n) is 11.3. The number of likely N-dealkylation sites (N-methyl/N-ethyl adjacent to an activating group) is 1. The van der Waals surface area contributed by atoms with E-state index >= 15 is 0 Å². The van der Waals surface area contributed by atoms with Gasteiger partial charge in [0.25, 0.3) is 0 Å². The lowest BCUT2D eigenvalue weighted by Gasteiger charge is -2.31. The number of nitrogens with zero attached hydrogens (tertiary/aromatic N) is 2. The van der Waals surface area contributed by atoms with Gasteiger partial charge in [-0.05, 0) is 49.7 Å². The van der Waals surface area contributed by atoms with Crippen molar-refractivity contribution in [2.45, 2.75) is 87.8 Å². The van der Waals surface area contributed by atoms with Gasteiger partial charge >= 0.3 is 6.18 Å². The van der Waals surface area contributed by atoms with Crippen LogP contribution in [0.2, 0.25) is 0 Å². The van der Waals surface area contributed by atoms with Gasteiger partial charge in [0.05, 0.1) is 12.8 Å². The lowest BCUT2D eigenvalue weighted by molar-refractivity contribution is -0.206. The van der Waals surface area contributed by atoms with Crippen LogP contribution in [0.1, 0.15) is 68.6 Å². The van der Waals surface area contributed by atoms with Crippen molar-refractivity contribution in [3.63, 3.8) is 0 Å². The van der Waals surface area contributed by atoms with E-state index in [0.29, 0.717) is 37.8 Å². The minimum atomic E-state index is -4.81. The first-order valence-corrected chi connectivity index (χ1v) is 14.2. The maximum absolute atomic E-state index is 13.8. The fourth-order valence-corrected chi connectivity index (χ4v) is 5.98. The van der Waals surface area contributed by atoms with Gasteiger partial charge < -0.3 is 25.3 Å². The summed E-state index contributed by atoms with van der Waals surface area (Å²) >= 11 is 0. The number of fused-ring (bicyclic) bond motifs is 2. The number of alkyl halides is 3. The number of hydrogen-bond acceptors (Lipinski definition) is 6. The number of amides is 3. The van der Waals surface area contributed by atoms with Crippen molar-refractivity contribution < 1.29 is 37.8 Å². The smallest absolute Gasteiger partial charge is 0.381 e. The van der Waals surface area contributed by atoms with Crippen molar-refractivity contribution in [3.8, 4) is 0 Å². The molecule has 1 saturated heterocycles.